The normalized spacial score (nSPS) is 16.6. The summed E-state index contributed by atoms with van der Waals surface area (Å²) in [5.74, 6) is 0.513. The van der Waals surface area contributed by atoms with Crippen LogP contribution in [0.1, 0.15) is 27.2 Å². The molecule has 6 nitrogen and oxygen atoms in total. The number of hydrogen-bond donors (Lipinski definition) is 2. The van der Waals surface area contributed by atoms with E-state index >= 15 is 0 Å². The molecular weight excluding hydrogens is 292 g/mol. The van der Waals surface area contributed by atoms with Crippen LogP contribution in [0, 0.1) is 5.41 Å². The molecule has 0 radical (unpaired) electrons. The van der Waals surface area contributed by atoms with Gasteiger partial charge in [-0.05, 0) is 37.6 Å². The summed E-state index contributed by atoms with van der Waals surface area (Å²) in [5.41, 5.74) is 3.84. The Kier molecular flexibility index (Phi) is 4.47. The Morgan fingerprint density at radius 3 is 2.57 bits per heavy atom. The summed E-state index contributed by atoms with van der Waals surface area (Å²) in [6.07, 6.45) is 0.114. The predicted molar refractivity (Wildman–Crippen MR) is 83.6 cm³/mol. The number of carbonyl (C=O) groups excluding carboxylic acids is 1. The van der Waals surface area contributed by atoms with Crippen LogP contribution >= 0.6 is 11.6 Å². The number of benzene rings is 1. The van der Waals surface area contributed by atoms with E-state index in [2.05, 4.69) is 21.0 Å². The molecule has 0 saturated carbocycles. The van der Waals surface area contributed by atoms with Crippen molar-refractivity contribution >= 4 is 34.9 Å². The zero-order valence-electron chi connectivity index (χ0n) is 12.1. The first-order valence-corrected chi connectivity index (χ1v) is 6.86. The number of amidine groups is 1. The van der Waals surface area contributed by atoms with E-state index in [-0.39, 0.29) is 5.41 Å². The van der Waals surface area contributed by atoms with Crippen LogP contribution in [0.4, 0.5) is 10.5 Å². The minimum absolute atomic E-state index is 0.258. The summed E-state index contributed by atoms with van der Waals surface area (Å²) in [6, 6.07) is 6.71. The van der Waals surface area contributed by atoms with Crippen LogP contribution in [0.2, 0.25) is 5.02 Å². The maximum Gasteiger partial charge on any atom is 0.435 e. The SMILES string of the molecule is CC1=NN=C(NOC(=O)Nc2ccc(Cl)cc2)C(C)(C)C1. The first-order chi connectivity index (χ1) is 9.87. The minimum atomic E-state index is -0.637. The van der Waals surface area contributed by atoms with Crippen molar-refractivity contribution < 1.29 is 9.63 Å². The molecule has 0 aliphatic carbocycles. The van der Waals surface area contributed by atoms with Crippen molar-refractivity contribution in [3.05, 3.63) is 29.3 Å². The van der Waals surface area contributed by atoms with Crippen molar-refractivity contribution in [1.82, 2.24) is 5.48 Å². The Bertz CT molecular complexity index is 593. The molecule has 2 rings (SSSR count). The molecule has 0 unspecified atom stereocenters. The lowest BCUT2D eigenvalue weighted by atomic mass is 9.85. The number of hydrogen-bond acceptors (Lipinski definition) is 5. The number of anilines is 1. The molecule has 7 heteroatoms. The number of rotatable bonds is 1. The average Bonchev–Trinajstić information content (AvgIpc) is 2.39. The van der Waals surface area contributed by atoms with Crippen LogP contribution in [0.3, 0.4) is 0 Å². The maximum atomic E-state index is 11.7. The van der Waals surface area contributed by atoms with E-state index in [0.717, 1.165) is 12.1 Å². The van der Waals surface area contributed by atoms with Crippen molar-refractivity contribution in [1.29, 1.82) is 0 Å². The highest BCUT2D eigenvalue weighted by atomic mass is 35.5. The first-order valence-electron chi connectivity index (χ1n) is 6.48. The van der Waals surface area contributed by atoms with Gasteiger partial charge in [-0.2, -0.15) is 5.10 Å². The zero-order chi connectivity index (χ0) is 15.5. The standard InChI is InChI=1S/C14H17ClN4O2/c1-9-8-14(2,3)12(18-17-9)19-21-13(20)16-11-6-4-10(15)5-7-11/h4-7H,8H2,1-3H3,(H,16,20)(H,18,19). The lowest BCUT2D eigenvalue weighted by Crippen LogP contribution is -2.41. The molecule has 21 heavy (non-hydrogen) atoms. The lowest BCUT2D eigenvalue weighted by molar-refractivity contribution is 0.130. The van der Waals surface area contributed by atoms with Crippen molar-refractivity contribution in [2.75, 3.05) is 5.32 Å². The summed E-state index contributed by atoms with van der Waals surface area (Å²) in [5, 5.41) is 11.2. The predicted octanol–water partition coefficient (Wildman–Crippen LogP) is 3.60. The van der Waals surface area contributed by atoms with Crippen LogP contribution in [0.25, 0.3) is 0 Å². The fraction of sp³-hybridized carbons (Fsp3) is 0.357. The maximum absolute atomic E-state index is 11.7. The quantitative estimate of drug-likeness (QED) is 0.778. The molecular formula is C14H17ClN4O2. The summed E-state index contributed by atoms with van der Waals surface area (Å²) in [6.45, 7) is 5.91. The molecule has 0 fully saturated rings. The van der Waals surface area contributed by atoms with Gasteiger partial charge in [0.1, 0.15) is 0 Å². The van der Waals surface area contributed by atoms with Crippen LogP contribution in [-0.4, -0.2) is 17.6 Å². The van der Waals surface area contributed by atoms with Gasteiger partial charge in [0.2, 0.25) is 0 Å². The Morgan fingerprint density at radius 1 is 1.29 bits per heavy atom. The number of carbonyl (C=O) groups is 1. The van der Waals surface area contributed by atoms with Crippen molar-refractivity contribution in [2.45, 2.75) is 27.2 Å². The van der Waals surface area contributed by atoms with Crippen LogP contribution < -0.4 is 10.8 Å². The topological polar surface area (TPSA) is 75.1 Å². The Hall–Kier alpha value is -2.08. The summed E-state index contributed by atoms with van der Waals surface area (Å²) >= 11 is 5.77. The van der Waals surface area contributed by atoms with E-state index in [1.165, 1.54) is 0 Å². The fourth-order valence-corrected chi connectivity index (χ4v) is 2.09. The highest BCUT2D eigenvalue weighted by Gasteiger charge is 2.30. The number of amides is 1. The first kappa shape index (κ1) is 15.3. The molecule has 112 valence electrons. The lowest BCUT2D eigenvalue weighted by Gasteiger charge is -2.28. The molecule has 2 N–H and O–H groups in total. The molecule has 0 bridgehead atoms. The highest BCUT2D eigenvalue weighted by Crippen LogP contribution is 2.25. The van der Waals surface area contributed by atoms with E-state index in [4.69, 9.17) is 16.4 Å². The smallest absolute Gasteiger partial charge is 0.323 e. The molecule has 0 atom stereocenters. The second-order valence-electron chi connectivity index (χ2n) is 5.47. The molecule has 1 amide bonds. The summed E-state index contributed by atoms with van der Waals surface area (Å²) in [7, 11) is 0. The summed E-state index contributed by atoms with van der Waals surface area (Å²) in [4.78, 5) is 16.6. The second-order valence-corrected chi connectivity index (χ2v) is 5.90. The van der Waals surface area contributed by atoms with Gasteiger partial charge in [-0.3, -0.25) is 5.32 Å². The molecule has 0 aromatic heterocycles. The van der Waals surface area contributed by atoms with Gasteiger partial charge in [-0.15, -0.1) is 5.10 Å². The van der Waals surface area contributed by atoms with Gasteiger partial charge >= 0.3 is 6.09 Å². The van der Waals surface area contributed by atoms with Gasteiger partial charge < -0.3 is 4.84 Å². The number of nitrogens with one attached hydrogen (secondary N) is 2. The minimum Gasteiger partial charge on any atom is -0.323 e. The van der Waals surface area contributed by atoms with E-state index in [1.807, 2.05) is 20.8 Å². The molecule has 1 aromatic rings. The summed E-state index contributed by atoms with van der Waals surface area (Å²) < 4.78 is 0. The van der Waals surface area contributed by atoms with Crippen LogP contribution in [-0.2, 0) is 4.84 Å². The highest BCUT2D eigenvalue weighted by molar-refractivity contribution is 6.30. The fourth-order valence-electron chi connectivity index (χ4n) is 1.96. The third-order valence-corrected chi connectivity index (χ3v) is 3.24. The van der Waals surface area contributed by atoms with Gasteiger partial charge in [0.25, 0.3) is 0 Å². The van der Waals surface area contributed by atoms with Crippen molar-refractivity contribution in [3.8, 4) is 0 Å². The molecule has 1 aliphatic heterocycles. The Labute approximate surface area is 128 Å². The third-order valence-electron chi connectivity index (χ3n) is 2.99. The van der Waals surface area contributed by atoms with E-state index < -0.39 is 6.09 Å². The van der Waals surface area contributed by atoms with Gasteiger partial charge in [0.15, 0.2) is 5.84 Å². The van der Waals surface area contributed by atoms with Crippen LogP contribution in [0.5, 0.6) is 0 Å². The Morgan fingerprint density at radius 2 is 1.95 bits per heavy atom. The van der Waals surface area contributed by atoms with Crippen molar-refractivity contribution in [3.63, 3.8) is 0 Å². The molecule has 1 heterocycles. The third kappa shape index (κ3) is 4.19. The molecule has 1 aromatic carbocycles. The monoisotopic (exact) mass is 308 g/mol. The van der Waals surface area contributed by atoms with E-state index in [9.17, 15) is 4.79 Å². The van der Waals surface area contributed by atoms with Crippen molar-refractivity contribution in [2.24, 2.45) is 15.6 Å². The molecule has 0 saturated heterocycles. The van der Waals surface area contributed by atoms with Gasteiger partial charge in [-0.25, -0.2) is 10.3 Å². The van der Waals surface area contributed by atoms with E-state index in [1.54, 1.807) is 24.3 Å². The largest absolute Gasteiger partial charge is 0.435 e. The van der Waals surface area contributed by atoms with Gasteiger partial charge in [0.05, 0.1) is 0 Å². The molecule has 0 spiro atoms. The van der Waals surface area contributed by atoms with Gasteiger partial charge in [-0.1, -0.05) is 25.4 Å². The zero-order valence-corrected chi connectivity index (χ0v) is 12.9. The number of nitrogens with zero attached hydrogens (tertiary/aromatic N) is 2. The van der Waals surface area contributed by atoms with Gasteiger partial charge in [0, 0.05) is 21.8 Å². The molecule has 1 aliphatic rings. The number of hydroxylamine groups is 1. The second kappa shape index (κ2) is 6.13. The van der Waals surface area contributed by atoms with Crippen LogP contribution in [0.15, 0.2) is 34.5 Å². The average molecular weight is 309 g/mol. The Balaban J connectivity index is 1.91. The number of halogens is 1. The van der Waals surface area contributed by atoms with E-state index in [0.29, 0.717) is 16.5 Å².